The minimum atomic E-state index is -4.08. The van der Waals surface area contributed by atoms with Crippen molar-refractivity contribution in [3.8, 4) is 0 Å². The van der Waals surface area contributed by atoms with E-state index < -0.39 is 19.5 Å². The summed E-state index contributed by atoms with van der Waals surface area (Å²) in [6, 6.07) is 0. The monoisotopic (exact) mass is 292 g/mol. The Morgan fingerprint density at radius 1 is 1.29 bits per heavy atom. The van der Waals surface area contributed by atoms with Crippen LogP contribution in [0.3, 0.4) is 0 Å². The third kappa shape index (κ3) is 1.88. The lowest BCUT2D eigenvalue weighted by atomic mass is 10.4. The number of aryl methyl sites for hydroxylation is 3. The molecule has 0 bridgehead atoms. The van der Waals surface area contributed by atoms with E-state index in [1.165, 1.54) is 22.7 Å². The van der Waals surface area contributed by atoms with Crippen molar-refractivity contribution in [2.45, 2.75) is 25.7 Å². The van der Waals surface area contributed by atoms with Crippen LogP contribution >= 0.6 is 22.0 Å². The second kappa shape index (κ2) is 3.79. The largest absolute Gasteiger partial charge is 0.279 e. The molecule has 2 rings (SSSR count). The van der Waals surface area contributed by atoms with Gasteiger partial charge in [0, 0.05) is 21.3 Å². The fourth-order valence-electron chi connectivity index (χ4n) is 1.60. The number of nitrogens with zero attached hydrogens (tertiary/aromatic N) is 2. The molecule has 0 radical (unpaired) electrons. The molecule has 0 amide bonds. The third-order valence-corrected chi connectivity index (χ3v) is 4.99. The highest BCUT2D eigenvalue weighted by Gasteiger charge is 2.23. The van der Waals surface area contributed by atoms with E-state index >= 15 is 0 Å². The molecular weight excluding hydrogens is 284 g/mol. The standard InChI is InChI=1S/C9H9ClN2O3S2/c1-4-7(17(10,14)15)8(13)12-5(2)6(3)16-9(12)11-4/h1-3H3. The van der Waals surface area contributed by atoms with Gasteiger partial charge in [0.25, 0.3) is 14.6 Å². The van der Waals surface area contributed by atoms with Crippen LogP contribution in [-0.2, 0) is 9.05 Å². The van der Waals surface area contributed by atoms with Crippen molar-refractivity contribution in [1.82, 2.24) is 9.38 Å². The molecule has 92 valence electrons. The van der Waals surface area contributed by atoms with Gasteiger partial charge in [-0.15, -0.1) is 11.3 Å². The SMILES string of the molecule is Cc1nc2sc(C)c(C)n2c(=O)c1S(=O)(=O)Cl. The summed E-state index contributed by atoms with van der Waals surface area (Å²) in [5.74, 6) is 0. The minimum Gasteiger partial charge on any atom is -0.267 e. The van der Waals surface area contributed by atoms with E-state index in [1.807, 2.05) is 6.92 Å². The van der Waals surface area contributed by atoms with Crippen LogP contribution in [0.1, 0.15) is 16.3 Å². The topological polar surface area (TPSA) is 68.5 Å². The summed E-state index contributed by atoms with van der Waals surface area (Å²) in [6.45, 7) is 5.04. The quantitative estimate of drug-likeness (QED) is 0.749. The first kappa shape index (κ1) is 12.5. The summed E-state index contributed by atoms with van der Waals surface area (Å²) in [7, 11) is 1.17. The molecule has 8 heteroatoms. The average molecular weight is 293 g/mol. The van der Waals surface area contributed by atoms with Crippen molar-refractivity contribution in [3.05, 3.63) is 26.6 Å². The Morgan fingerprint density at radius 3 is 2.41 bits per heavy atom. The van der Waals surface area contributed by atoms with Gasteiger partial charge in [-0.25, -0.2) is 13.4 Å². The van der Waals surface area contributed by atoms with Crippen molar-refractivity contribution >= 4 is 36.0 Å². The maximum Gasteiger partial charge on any atom is 0.279 e. The van der Waals surface area contributed by atoms with Crippen LogP contribution in [0.25, 0.3) is 4.96 Å². The molecule has 0 spiro atoms. The maximum atomic E-state index is 12.1. The molecule has 0 unspecified atom stereocenters. The van der Waals surface area contributed by atoms with E-state index in [9.17, 15) is 13.2 Å². The van der Waals surface area contributed by atoms with Gasteiger partial charge in [0.1, 0.15) is 0 Å². The van der Waals surface area contributed by atoms with Gasteiger partial charge < -0.3 is 0 Å². The Balaban J connectivity index is 3.09. The molecule has 0 saturated heterocycles. The van der Waals surface area contributed by atoms with E-state index in [0.29, 0.717) is 10.7 Å². The average Bonchev–Trinajstić information content (AvgIpc) is 2.39. The van der Waals surface area contributed by atoms with Gasteiger partial charge in [0.15, 0.2) is 9.86 Å². The van der Waals surface area contributed by atoms with Crippen molar-refractivity contribution < 1.29 is 8.42 Å². The summed E-state index contributed by atoms with van der Waals surface area (Å²) in [6.07, 6.45) is 0. The second-order valence-corrected chi connectivity index (χ2v) is 7.32. The summed E-state index contributed by atoms with van der Waals surface area (Å²) < 4.78 is 24.0. The fourth-order valence-corrected chi connectivity index (χ4v) is 3.84. The zero-order chi connectivity index (χ0) is 13.0. The normalized spacial score (nSPS) is 12.2. The Hall–Kier alpha value is -0.920. The minimum absolute atomic E-state index is 0.131. The lowest BCUT2D eigenvalue weighted by Gasteiger charge is -2.02. The summed E-state index contributed by atoms with van der Waals surface area (Å²) in [5, 5.41) is 0. The molecule has 0 aliphatic rings. The van der Waals surface area contributed by atoms with Crippen molar-refractivity contribution in [3.63, 3.8) is 0 Å². The molecule has 2 aromatic rings. The summed E-state index contributed by atoms with van der Waals surface area (Å²) in [4.78, 5) is 17.1. The molecule has 17 heavy (non-hydrogen) atoms. The van der Waals surface area contributed by atoms with E-state index in [2.05, 4.69) is 4.98 Å². The Bertz CT molecular complexity index is 774. The Kier molecular flexibility index (Phi) is 2.80. The van der Waals surface area contributed by atoms with Gasteiger partial charge in [-0.1, -0.05) is 0 Å². The zero-order valence-electron chi connectivity index (χ0n) is 9.31. The van der Waals surface area contributed by atoms with Crippen LogP contribution in [-0.4, -0.2) is 17.8 Å². The van der Waals surface area contributed by atoms with E-state index in [4.69, 9.17) is 10.7 Å². The summed E-state index contributed by atoms with van der Waals surface area (Å²) in [5.41, 5.74) is 0.180. The van der Waals surface area contributed by atoms with Crippen molar-refractivity contribution in [2.24, 2.45) is 0 Å². The van der Waals surface area contributed by atoms with Gasteiger partial charge in [0.05, 0.1) is 5.69 Å². The third-order valence-electron chi connectivity index (χ3n) is 2.51. The lowest BCUT2D eigenvalue weighted by Crippen LogP contribution is -2.22. The van der Waals surface area contributed by atoms with Gasteiger partial charge >= 0.3 is 0 Å². The van der Waals surface area contributed by atoms with Gasteiger partial charge in [-0.05, 0) is 20.8 Å². The van der Waals surface area contributed by atoms with E-state index in [0.717, 1.165) is 4.88 Å². The number of aromatic nitrogens is 2. The fraction of sp³-hybridized carbons (Fsp3) is 0.333. The van der Waals surface area contributed by atoms with Gasteiger partial charge in [-0.3, -0.25) is 9.20 Å². The van der Waals surface area contributed by atoms with E-state index in [1.54, 1.807) is 6.92 Å². The van der Waals surface area contributed by atoms with Crippen LogP contribution in [0.2, 0.25) is 0 Å². The molecule has 5 nitrogen and oxygen atoms in total. The molecular formula is C9H9ClN2O3S2. The van der Waals surface area contributed by atoms with Crippen LogP contribution in [0.4, 0.5) is 0 Å². The molecule has 2 aromatic heterocycles. The first-order valence-electron chi connectivity index (χ1n) is 4.67. The van der Waals surface area contributed by atoms with E-state index in [-0.39, 0.29) is 5.69 Å². The zero-order valence-corrected chi connectivity index (χ0v) is 11.7. The number of hydrogen-bond acceptors (Lipinski definition) is 5. The number of rotatable bonds is 1. The molecule has 0 aromatic carbocycles. The lowest BCUT2D eigenvalue weighted by molar-refractivity contribution is 0.606. The summed E-state index contributed by atoms with van der Waals surface area (Å²) >= 11 is 1.34. The van der Waals surface area contributed by atoms with Crippen LogP contribution in [0, 0.1) is 20.8 Å². The number of thiazole rings is 1. The molecule has 0 aliphatic heterocycles. The number of halogens is 1. The molecule has 0 saturated carbocycles. The molecule has 2 heterocycles. The predicted octanol–water partition coefficient (Wildman–Crippen LogP) is 1.61. The highest BCUT2D eigenvalue weighted by molar-refractivity contribution is 8.13. The Morgan fingerprint density at radius 2 is 1.88 bits per heavy atom. The first-order valence-corrected chi connectivity index (χ1v) is 7.80. The first-order chi connectivity index (χ1) is 7.73. The Labute approximate surface area is 106 Å². The van der Waals surface area contributed by atoms with Crippen LogP contribution < -0.4 is 5.56 Å². The molecule has 0 atom stereocenters. The maximum absolute atomic E-state index is 12.1. The van der Waals surface area contributed by atoms with Crippen molar-refractivity contribution in [2.75, 3.05) is 0 Å². The smallest absolute Gasteiger partial charge is 0.267 e. The number of fused-ring (bicyclic) bond motifs is 1. The van der Waals surface area contributed by atoms with Crippen LogP contribution in [0.15, 0.2) is 9.69 Å². The van der Waals surface area contributed by atoms with Gasteiger partial charge in [0.2, 0.25) is 0 Å². The van der Waals surface area contributed by atoms with Crippen LogP contribution in [0.5, 0.6) is 0 Å². The van der Waals surface area contributed by atoms with Crippen molar-refractivity contribution in [1.29, 1.82) is 0 Å². The molecule has 0 N–H and O–H groups in total. The highest BCUT2D eigenvalue weighted by Crippen LogP contribution is 2.22. The highest BCUT2D eigenvalue weighted by atomic mass is 35.7. The molecule has 0 fully saturated rings. The number of hydrogen-bond donors (Lipinski definition) is 0. The predicted molar refractivity (Wildman–Crippen MR) is 66.6 cm³/mol. The second-order valence-electron chi connectivity index (χ2n) is 3.63. The van der Waals surface area contributed by atoms with Gasteiger partial charge in [-0.2, -0.15) is 0 Å². The molecule has 0 aliphatic carbocycles.